The minimum atomic E-state index is -0.411. The zero-order valence-corrected chi connectivity index (χ0v) is 17.0. The molecular weight excluding hydrogens is 384 g/mol. The van der Waals surface area contributed by atoms with Crippen LogP contribution in [0, 0.1) is 0 Å². The Labute approximate surface area is 174 Å². The molecule has 0 spiro atoms. The molecule has 1 aromatic heterocycles. The Kier molecular flexibility index (Phi) is 5.95. The lowest BCUT2D eigenvalue weighted by Gasteiger charge is -2.19. The maximum atomic E-state index is 6.27. The first kappa shape index (κ1) is 19.3. The zero-order chi connectivity index (χ0) is 20.1. The van der Waals surface area contributed by atoms with E-state index in [2.05, 4.69) is 34.0 Å². The molecule has 7 heteroatoms. The molecule has 0 saturated carbocycles. The van der Waals surface area contributed by atoms with Crippen molar-refractivity contribution in [2.45, 2.75) is 24.7 Å². The summed E-state index contributed by atoms with van der Waals surface area (Å²) in [5.74, 6) is 2.20. The lowest BCUT2D eigenvalue weighted by atomic mass is 10.1. The Morgan fingerprint density at radius 2 is 2.00 bits per heavy atom. The van der Waals surface area contributed by atoms with Crippen molar-refractivity contribution in [3.63, 3.8) is 0 Å². The number of fused-ring (bicyclic) bond motifs is 3. The number of nitrogens with one attached hydrogen (secondary N) is 1. The molecule has 3 aromatic rings. The summed E-state index contributed by atoms with van der Waals surface area (Å²) in [4.78, 5) is 4.63. The normalized spacial score (nSPS) is 14.6. The van der Waals surface area contributed by atoms with Crippen molar-refractivity contribution >= 4 is 17.4 Å². The molecule has 6 nitrogen and oxygen atoms in total. The van der Waals surface area contributed by atoms with E-state index in [1.807, 2.05) is 48.5 Å². The minimum Gasteiger partial charge on any atom is -0.490 e. The van der Waals surface area contributed by atoms with Crippen LogP contribution >= 0.6 is 11.8 Å². The van der Waals surface area contributed by atoms with Gasteiger partial charge >= 0.3 is 0 Å². The van der Waals surface area contributed by atoms with E-state index in [9.17, 15) is 0 Å². The first-order valence-electron chi connectivity index (χ1n) is 9.52. The number of benzene rings is 2. The van der Waals surface area contributed by atoms with Gasteiger partial charge in [0, 0.05) is 22.6 Å². The highest BCUT2D eigenvalue weighted by Crippen LogP contribution is 2.39. The molecule has 148 valence electrons. The molecule has 2 aromatic carbocycles. The average molecular weight is 407 g/mol. The monoisotopic (exact) mass is 406 g/mol. The summed E-state index contributed by atoms with van der Waals surface area (Å²) >= 11 is 1.58. The van der Waals surface area contributed by atoms with Gasteiger partial charge in [0.1, 0.15) is 12.4 Å². The van der Waals surface area contributed by atoms with Crippen LogP contribution in [0.1, 0.15) is 25.1 Å². The lowest BCUT2D eigenvalue weighted by molar-refractivity contribution is 0.225. The van der Waals surface area contributed by atoms with Crippen molar-refractivity contribution < 1.29 is 9.47 Å². The van der Waals surface area contributed by atoms with Crippen LogP contribution in [0.4, 0.5) is 5.69 Å². The Balaban J connectivity index is 1.68. The van der Waals surface area contributed by atoms with Crippen LogP contribution in [0.15, 0.2) is 66.3 Å². The third-order valence-corrected chi connectivity index (χ3v) is 5.36. The van der Waals surface area contributed by atoms with E-state index in [1.54, 1.807) is 17.8 Å². The summed E-state index contributed by atoms with van der Waals surface area (Å²) in [6, 6.07) is 15.7. The smallest absolute Gasteiger partial charge is 0.247 e. The van der Waals surface area contributed by atoms with E-state index in [0.717, 1.165) is 34.7 Å². The van der Waals surface area contributed by atoms with Crippen LogP contribution < -0.4 is 14.8 Å². The third kappa shape index (κ3) is 4.35. The second kappa shape index (κ2) is 8.96. The van der Waals surface area contributed by atoms with Crippen molar-refractivity contribution in [2.75, 3.05) is 17.7 Å². The number of hydrogen-bond donors (Lipinski definition) is 1. The number of nitrogens with zero attached hydrogens (tertiary/aromatic N) is 3. The van der Waals surface area contributed by atoms with E-state index in [0.29, 0.717) is 23.3 Å². The molecule has 4 rings (SSSR count). The fourth-order valence-corrected chi connectivity index (χ4v) is 3.58. The van der Waals surface area contributed by atoms with Gasteiger partial charge in [0.25, 0.3) is 0 Å². The number of anilines is 1. The predicted molar refractivity (Wildman–Crippen MR) is 115 cm³/mol. The fraction of sp³-hybridized carbons (Fsp3) is 0.227. The van der Waals surface area contributed by atoms with Gasteiger partial charge in [-0.05, 0) is 36.8 Å². The van der Waals surface area contributed by atoms with Crippen molar-refractivity contribution in [3.8, 4) is 22.9 Å². The molecule has 0 aliphatic carbocycles. The van der Waals surface area contributed by atoms with Crippen molar-refractivity contribution in [1.29, 1.82) is 0 Å². The highest BCUT2D eigenvalue weighted by Gasteiger charge is 2.26. The van der Waals surface area contributed by atoms with Crippen molar-refractivity contribution in [1.82, 2.24) is 15.2 Å². The van der Waals surface area contributed by atoms with E-state index in [-0.39, 0.29) is 0 Å². The summed E-state index contributed by atoms with van der Waals surface area (Å²) in [6.45, 7) is 6.27. The number of para-hydroxylation sites is 1. The highest BCUT2D eigenvalue weighted by molar-refractivity contribution is 7.99. The lowest BCUT2D eigenvalue weighted by Crippen LogP contribution is -2.17. The third-order valence-electron chi connectivity index (χ3n) is 4.32. The number of aromatic nitrogens is 3. The molecule has 0 radical (unpaired) electrons. The van der Waals surface area contributed by atoms with Gasteiger partial charge in [-0.15, -0.1) is 10.2 Å². The minimum absolute atomic E-state index is 0.411. The molecule has 0 fully saturated rings. The first-order chi connectivity index (χ1) is 14.3. The summed E-state index contributed by atoms with van der Waals surface area (Å²) in [6.07, 6.45) is 2.35. The number of rotatable bonds is 7. The highest BCUT2D eigenvalue weighted by atomic mass is 32.2. The summed E-state index contributed by atoms with van der Waals surface area (Å²) in [5.41, 5.74) is 3.44. The Bertz CT molecular complexity index is 994. The molecule has 2 heterocycles. The van der Waals surface area contributed by atoms with Crippen LogP contribution in [0.5, 0.6) is 11.6 Å². The van der Waals surface area contributed by atoms with Crippen LogP contribution in [-0.2, 0) is 0 Å². The van der Waals surface area contributed by atoms with Gasteiger partial charge < -0.3 is 14.8 Å². The molecule has 1 N–H and O–H groups in total. The number of hydrogen-bond acceptors (Lipinski definition) is 7. The fourth-order valence-electron chi connectivity index (χ4n) is 2.95. The Morgan fingerprint density at radius 3 is 2.79 bits per heavy atom. The SMILES string of the molecule is C=CCOc1ccc([C@H]2Nc3ccccc3-c3nnc(SCCC)nc3O2)cc1. The van der Waals surface area contributed by atoms with E-state index in [1.165, 1.54) is 0 Å². The molecule has 1 aliphatic heterocycles. The van der Waals surface area contributed by atoms with Crippen LogP contribution in [0.2, 0.25) is 0 Å². The molecule has 0 unspecified atom stereocenters. The van der Waals surface area contributed by atoms with Gasteiger partial charge in [-0.2, -0.15) is 4.98 Å². The molecule has 1 aliphatic rings. The van der Waals surface area contributed by atoms with Crippen molar-refractivity contribution in [2.24, 2.45) is 0 Å². The standard InChI is InChI=1S/C22H22N4O2S/c1-3-13-27-16-11-9-15(10-12-16)20-23-18-8-6-5-7-17(18)19-21(28-20)24-22(26-25-19)29-14-4-2/h3,5-12,20,23H,1,4,13-14H2,2H3/t20-/m0/s1. The van der Waals surface area contributed by atoms with E-state index >= 15 is 0 Å². The number of ether oxygens (including phenoxy) is 2. The van der Waals surface area contributed by atoms with Crippen molar-refractivity contribution in [3.05, 3.63) is 66.7 Å². The van der Waals surface area contributed by atoms with Crippen LogP contribution in [0.25, 0.3) is 11.3 Å². The maximum Gasteiger partial charge on any atom is 0.247 e. The van der Waals surface area contributed by atoms with Gasteiger partial charge in [-0.1, -0.05) is 49.5 Å². The van der Waals surface area contributed by atoms with Crippen LogP contribution in [0.3, 0.4) is 0 Å². The van der Waals surface area contributed by atoms with Gasteiger partial charge in [0.2, 0.25) is 11.0 Å². The second-order valence-electron chi connectivity index (χ2n) is 6.45. The molecular formula is C22H22N4O2S. The van der Waals surface area contributed by atoms with E-state index in [4.69, 9.17) is 9.47 Å². The molecule has 0 saturated heterocycles. The first-order valence-corrected chi connectivity index (χ1v) is 10.5. The molecule has 1 atom stereocenters. The van der Waals surface area contributed by atoms with Gasteiger partial charge in [-0.25, -0.2) is 0 Å². The Morgan fingerprint density at radius 1 is 1.17 bits per heavy atom. The maximum absolute atomic E-state index is 6.27. The molecule has 0 amide bonds. The largest absolute Gasteiger partial charge is 0.490 e. The topological polar surface area (TPSA) is 69.2 Å². The van der Waals surface area contributed by atoms with Gasteiger partial charge in [-0.3, -0.25) is 0 Å². The second-order valence-corrected chi connectivity index (χ2v) is 7.52. The zero-order valence-electron chi connectivity index (χ0n) is 16.2. The molecule has 0 bridgehead atoms. The van der Waals surface area contributed by atoms with E-state index < -0.39 is 6.23 Å². The summed E-state index contributed by atoms with van der Waals surface area (Å²) < 4.78 is 11.8. The quantitative estimate of drug-likeness (QED) is 0.432. The number of thioether (sulfide) groups is 1. The van der Waals surface area contributed by atoms with Gasteiger partial charge in [0.15, 0.2) is 11.9 Å². The van der Waals surface area contributed by atoms with Gasteiger partial charge in [0.05, 0.1) is 0 Å². The summed E-state index contributed by atoms with van der Waals surface area (Å²) in [7, 11) is 0. The van der Waals surface area contributed by atoms with Crippen LogP contribution in [-0.4, -0.2) is 27.5 Å². The summed E-state index contributed by atoms with van der Waals surface area (Å²) in [5, 5.41) is 12.8. The molecule has 29 heavy (non-hydrogen) atoms. The average Bonchev–Trinajstić information content (AvgIpc) is 2.93. The Hall–Kier alpha value is -3.06. The predicted octanol–water partition coefficient (Wildman–Crippen LogP) is 5.11.